The summed E-state index contributed by atoms with van der Waals surface area (Å²) in [6.07, 6.45) is 5.00. The molecule has 2 fully saturated rings. The predicted molar refractivity (Wildman–Crippen MR) is 83.9 cm³/mol. The van der Waals surface area contributed by atoms with Crippen LogP contribution in [0.4, 0.5) is 5.95 Å². The summed E-state index contributed by atoms with van der Waals surface area (Å²) in [5.74, 6) is 2.87. The maximum Gasteiger partial charge on any atom is 0.228 e. The van der Waals surface area contributed by atoms with Gasteiger partial charge in [-0.2, -0.15) is 4.98 Å². The molecule has 0 aromatic carbocycles. The Bertz CT molecular complexity index is 525. The zero-order valence-electron chi connectivity index (χ0n) is 13.4. The number of methoxy groups -OCH3 is 1. The molecule has 6 heteroatoms. The first-order chi connectivity index (χ1) is 10.7. The molecule has 1 aromatic rings. The van der Waals surface area contributed by atoms with Crippen molar-refractivity contribution in [2.75, 3.05) is 38.2 Å². The molecule has 2 heterocycles. The number of ether oxygens (including phenoxy) is 1. The zero-order chi connectivity index (χ0) is 15.5. The van der Waals surface area contributed by atoms with E-state index in [-0.39, 0.29) is 0 Å². The van der Waals surface area contributed by atoms with E-state index in [2.05, 4.69) is 21.8 Å². The Balaban J connectivity index is 1.52. The van der Waals surface area contributed by atoms with E-state index in [9.17, 15) is 4.79 Å². The molecule has 0 spiro atoms. The third kappa shape index (κ3) is 3.48. The molecule has 1 aliphatic carbocycles. The quantitative estimate of drug-likeness (QED) is 0.826. The first kappa shape index (κ1) is 15.1. The van der Waals surface area contributed by atoms with Crippen molar-refractivity contribution in [3.8, 4) is 5.88 Å². The Morgan fingerprint density at radius 3 is 2.73 bits per heavy atom. The molecule has 6 nitrogen and oxygen atoms in total. The molecule has 1 aromatic heterocycles. The first-order valence-corrected chi connectivity index (χ1v) is 8.07. The summed E-state index contributed by atoms with van der Waals surface area (Å²) in [6.45, 7) is 5.25. The molecule has 1 amide bonds. The van der Waals surface area contributed by atoms with Crippen LogP contribution in [0.1, 0.15) is 26.2 Å². The summed E-state index contributed by atoms with van der Waals surface area (Å²) in [4.78, 5) is 25.1. The van der Waals surface area contributed by atoms with Gasteiger partial charge in [0.1, 0.15) is 0 Å². The molecular weight excluding hydrogens is 280 g/mol. The van der Waals surface area contributed by atoms with E-state index in [0.29, 0.717) is 30.1 Å². The van der Waals surface area contributed by atoms with Crippen LogP contribution in [0, 0.1) is 11.8 Å². The van der Waals surface area contributed by atoms with Crippen molar-refractivity contribution in [2.45, 2.75) is 26.2 Å². The third-order valence-electron chi connectivity index (χ3n) is 4.67. The smallest absolute Gasteiger partial charge is 0.228 e. The summed E-state index contributed by atoms with van der Waals surface area (Å²) in [5, 5.41) is 0. The molecule has 1 saturated carbocycles. The number of nitrogens with zero attached hydrogens (tertiary/aromatic N) is 4. The monoisotopic (exact) mass is 304 g/mol. The molecule has 120 valence electrons. The highest BCUT2D eigenvalue weighted by Gasteiger charge is 2.31. The maximum absolute atomic E-state index is 12.3. The van der Waals surface area contributed by atoms with Gasteiger partial charge >= 0.3 is 0 Å². The molecule has 1 aliphatic heterocycles. The SMILES string of the molecule is COc1ccnc(N2CCN(C(=O)C[C@@H](C)C3CC3)CC2)n1. The fraction of sp³-hybridized carbons (Fsp3) is 0.688. The number of carbonyl (C=O) groups is 1. The summed E-state index contributed by atoms with van der Waals surface area (Å²) in [5.41, 5.74) is 0. The topological polar surface area (TPSA) is 58.6 Å². The van der Waals surface area contributed by atoms with Crippen molar-refractivity contribution in [3.63, 3.8) is 0 Å². The minimum absolute atomic E-state index is 0.297. The van der Waals surface area contributed by atoms with Gasteiger partial charge in [-0.25, -0.2) is 4.98 Å². The summed E-state index contributed by atoms with van der Waals surface area (Å²) < 4.78 is 5.13. The first-order valence-electron chi connectivity index (χ1n) is 8.07. The minimum atomic E-state index is 0.297. The van der Waals surface area contributed by atoms with Crippen molar-refractivity contribution in [1.29, 1.82) is 0 Å². The normalized spacial score (nSPS) is 19.9. The molecule has 0 unspecified atom stereocenters. The standard InChI is InChI=1S/C16H24N4O2/c1-12(13-3-4-13)11-15(21)19-7-9-20(10-8-19)16-17-6-5-14(18-16)22-2/h5-6,12-13H,3-4,7-11H2,1-2H3/t12-/m1/s1. The van der Waals surface area contributed by atoms with E-state index in [0.717, 1.165) is 32.1 Å². The van der Waals surface area contributed by atoms with Gasteiger partial charge in [0, 0.05) is 44.9 Å². The van der Waals surface area contributed by atoms with Crippen LogP contribution in [-0.4, -0.2) is 54.1 Å². The van der Waals surface area contributed by atoms with Gasteiger partial charge in [-0.15, -0.1) is 0 Å². The summed E-state index contributed by atoms with van der Waals surface area (Å²) in [6, 6.07) is 1.74. The molecule has 2 aliphatic rings. The van der Waals surface area contributed by atoms with Crippen LogP contribution in [0.15, 0.2) is 12.3 Å². The second kappa shape index (κ2) is 6.50. The lowest BCUT2D eigenvalue weighted by Crippen LogP contribution is -2.49. The number of rotatable bonds is 5. The van der Waals surface area contributed by atoms with E-state index in [1.807, 2.05) is 4.90 Å². The van der Waals surface area contributed by atoms with Crippen LogP contribution in [0.5, 0.6) is 5.88 Å². The molecule has 0 bridgehead atoms. The number of amides is 1. The van der Waals surface area contributed by atoms with Crippen LogP contribution < -0.4 is 9.64 Å². The average molecular weight is 304 g/mol. The Hall–Kier alpha value is -1.85. The van der Waals surface area contributed by atoms with Crippen LogP contribution in [-0.2, 0) is 4.79 Å². The second-order valence-electron chi connectivity index (χ2n) is 6.29. The fourth-order valence-electron chi connectivity index (χ4n) is 2.99. The van der Waals surface area contributed by atoms with Gasteiger partial charge in [-0.3, -0.25) is 4.79 Å². The van der Waals surface area contributed by atoms with Gasteiger partial charge in [-0.05, 0) is 24.7 Å². The van der Waals surface area contributed by atoms with Crippen molar-refractivity contribution >= 4 is 11.9 Å². The highest BCUT2D eigenvalue weighted by Crippen LogP contribution is 2.38. The number of hydrogen-bond acceptors (Lipinski definition) is 5. The van der Waals surface area contributed by atoms with Gasteiger partial charge in [0.2, 0.25) is 17.7 Å². The van der Waals surface area contributed by atoms with E-state index in [4.69, 9.17) is 4.74 Å². The number of piperazine rings is 1. The zero-order valence-corrected chi connectivity index (χ0v) is 13.4. The Morgan fingerprint density at radius 1 is 1.36 bits per heavy atom. The Labute approximate surface area is 131 Å². The molecule has 0 radical (unpaired) electrons. The van der Waals surface area contributed by atoms with Crippen molar-refractivity contribution in [2.24, 2.45) is 11.8 Å². The van der Waals surface area contributed by atoms with Crippen molar-refractivity contribution in [3.05, 3.63) is 12.3 Å². The molecular formula is C16H24N4O2. The maximum atomic E-state index is 12.3. The van der Waals surface area contributed by atoms with Gasteiger partial charge in [0.05, 0.1) is 7.11 Å². The number of aromatic nitrogens is 2. The predicted octanol–water partition coefficient (Wildman–Crippen LogP) is 1.57. The van der Waals surface area contributed by atoms with Gasteiger partial charge in [-0.1, -0.05) is 6.92 Å². The highest BCUT2D eigenvalue weighted by atomic mass is 16.5. The van der Waals surface area contributed by atoms with E-state index < -0.39 is 0 Å². The van der Waals surface area contributed by atoms with Crippen molar-refractivity contribution in [1.82, 2.24) is 14.9 Å². The number of hydrogen-bond donors (Lipinski definition) is 0. The molecule has 0 N–H and O–H groups in total. The number of carbonyl (C=O) groups excluding carboxylic acids is 1. The fourth-order valence-corrected chi connectivity index (χ4v) is 2.99. The lowest BCUT2D eigenvalue weighted by Gasteiger charge is -2.35. The largest absolute Gasteiger partial charge is 0.481 e. The van der Waals surface area contributed by atoms with Gasteiger partial charge in [0.15, 0.2) is 0 Å². The summed E-state index contributed by atoms with van der Waals surface area (Å²) in [7, 11) is 1.60. The minimum Gasteiger partial charge on any atom is -0.481 e. The molecule has 1 atom stereocenters. The molecule has 1 saturated heterocycles. The average Bonchev–Trinajstić information content (AvgIpc) is 3.40. The lowest BCUT2D eigenvalue weighted by atomic mass is 10.0. The van der Waals surface area contributed by atoms with Crippen LogP contribution in [0.2, 0.25) is 0 Å². The van der Waals surface area contributed by atoms with Gasteiger partial charge < -0.3 is 14.5 Å². The third-order valence-corrected chi connectivity index (χ3v) is 4.67. The van der Waals surface area contributed by atoms with Crippen molar-refractivity contribution < 1.29 is 9.53 Å². The Kier molecular flexibility index (Phi) is 4.45. The van der Waals surface area contributed by atoms with E-state index in [1.54, 1.807) is 19.4 Å². The molecule has 22 heavy (non-hydrogen) atoms. The van der Waals surface area contributed by atoms with E-state index in [1.165, 1.54) is 12.8 Å². The summed E-state index contributed by atoms with van der Waals surface area (Å²) >= 11 is 0. The van der Waals surface area contributed by atoms with E-state index >= 15 is 0 Å². The van der Waals surface area contributed by atoms with Crippen LogP contribution in [0.25, 0.3) is 0 Å². The second-order valence-corrected chi connectivity index (χ2v) is 6.29. The number of anilines is 1. The van der Waals surface area contributed by atoms with Gasteiger partial charge in [0.25, 0.3) is 0 Å². The van der Waals surface area contributed by atoms with Crippen LogP contribution in [0.3, 0.4) is 0 Å². The molecule has 3 rings (SSSR count). The highest BCUT2D eigenvalue weighted by molar-refractivity contribution is 5.76. The Morgan fingerprint density at radius 2 is 2.09 bits per heavy atom. The van der Waals surface area contributed by atoms with Crippen LogP contribution >= 0.6 is 0 Å². The lowest BCUT2D eigenvalue weighted by molar-refractivity contribution is -0.132.